The van der Waals surface area contributed by atoms with Gasteiger partial charge in [-0.15, -0.1) is 0 Å². The normalized spacial score (nSPS) is 39.5. The molecule has 0 amide bonds. The molecule has 0 aromatic rings. The Balaban J connectivity index is 1.48. The number of ether oxygens (including phenoxy) is 4. The molecule has 0 radical (unpaired) electrons. The minimum Gasteiger partial charge on any atom is -0.455 e. The number of allylic oxidation sites excluding steroid dienone is 1. The quantitative estimate of drug-likeness (QED) is 0.0582. The van der Waals surface area contributed by atoms with Crippen LogP contribution in [-0.2, 0) is 28.5 Å². The third-order valence-electron chi connectivity index (χ3n) is 21.1. The van der Waals surface area contributed by atoms with E-state index in [4.69, 9.17) is 18.9 Å². The van der Waals surface area contributed by atoms with Crippen molar-refractivity contribution in [3.8, 4) is 0 Å². The lowest BCUT2D eigenvalue weighted by Crippen LogP contribution is -2.48. The van der Waals surface area contributed by atoms with Gasteiger partial charge < -0.3 is 90.4 Å². The molecule has 0 saturated carbocycles. The van der Waals surface area contributed by atoms with Crippen LogP contribution in [-0.4, -0.2) is 211 Å². The first-order valence-corrected chi connectivity index (χ1v) is 37.1. The third-order valence-corrected chi connectivity index (χ3v) is 21.1. The van der Waals surface area contributed by atoms with Gasteiger partial charge in [0.05, 0.1) is 91.9 Å². The number of carbonyl (C=O) groups excluding carboxylic acids is 2. The van der Waals surface area contributed by atoms with Crippen LogP contribution >= 0.6 is 0 Å². The Morgan fingerprint density at radius 3 is 1.91 bits per heavy atom. The Morgan fingerprint density at radius 1 is 0.594 bits per heavy atom. The van der Waals surface area contributed by atoms with Crippen LogP contribution in [0.15, 0.2) is 121 Å². The molecule has 2 saturated heterocycles. The van der Waals surface area contributed by atoms with Gasteiger partial charge in [0.1, 0.15) is 42.2 Å². The molecule has 101 heavy (non-hydrogen) atoms. The fraction of sp³-hybridized carbons (Fsp3) is 0.728. The van der Waals surface area contributed by atoms with Gasteiger partial charge in [-0.2, -0.15) is 0 Å². The second-order valence-electron chi connectivity index (χ2n) is 31.8. The summed E-state index contributed by atoms with van der Waals surface area (Å²) in [6.07, 6.45) is -2.33. The summed E-state index contributed by atoms with van der Waals surface area (Å²) in [7, 11) is 0. The molecule has 576 valence electrons. The van der Waals surface area contributed by atoms with Crippen LogP contribution in [0.5, 0.6) is 0 Å². The van der Waals surface area contributed by atoms with E-state index in [2.05, 4.69) is 39.5 Å². The summed E-state index contributed by atoms with van der Waals surface area (Å²) < 4.78 is 24.9. The van der Waals surface area contributed by atoms with Crippen molar-refractivity contribution >= 4 is 11.8 Å². The summed E-state index contributed by atoms with van der Waals surface area (Å²) in [5.41, 5.74) is 2.36. The second-order valence-corrected chi connectivity index (χ2v) is 31.8. The Kier molecular flexibility index (Phi) is 37.9. The lowest BCUT2D eigenvalue weighted by Gasteiger charge is -2.34. The Bertz CT molecular complexity index is 2770. The van der Waals surface area contributed by atoms with Crippen molar-refractivity contribution in [1.29, 1.82) is 0 Å². The van der Waals surface area contributed by atoms with E-state index in [1.54, 1.807) is 32.1 Å². The molecule has 0 aliphatic carbocycles. The van der Waals surface area contributed by atoms with E-state index in [-0.39, 0.29) is 131 Å². The average Bonchev–Trinajstić information content (AvgIpc) is 1.65. The van der Waals surface area contributed by atoms with E-state index in [0.717, 1.165) is 11.1 Å². The zero-order valence-corrected chi connectivity index (χ0v) is 62.4. The molecule has 4 aliphatic rings. The minimum atomic E-state index is -1.59. The molecule has 4 rings (SSSR count). The van der Waals surface area contributed by atoms with Crippen molar-refractivity contribution in [2.75, 3.05) is 0 Å². The van der Waals surface area contributed by atoms with Gasteiger partial charge in [0.25, 0.3) is 0 Å². The van der Waals surface area contributed by atoms with E-state index < -0.39 is 127 Å². The fourth-order valence-corrected chi connectivity index (χ4v) is 14.7. The van der Waals surface area contributed by atoms with Gasteiger partial charge in [-0.3, -0.25) is 9.59 Å². The summed E-state index contributed by atoms with van der Waals surface area (Å²) in [4.78, 5) is 27.3. The Labute approximate surface area is 603 Å². The van der Waals surface area contributed by atoms with Crippen molar-refractivity contribution in [2.24, 2.45) is 41.4 Å². The molecule has 14 N–H and O–H groups in total. The maximum absolute atomic E-state index is 13.9. The molecular weight excluding hydrogens is 1290 g/mol. The Morgan fingerprint density at radius 2 is 1.24 bits per heavy atom. The molecule has 4 heterocycles. The zero-order chi connectivity index (χ0) is 75.9. The van der Waals surface area contributed by atoms with Crippen LogP contribution in [0.3, 0.4) is 0 Å². The number of Topliss-reactive ketones (excluding diaryl/α,β-unsaturated/α-hetero) is 1. The van der Waals surface area contributed by atoms with Gasteiger partial charge >= 0.3 is 5.97 Å². The zero-order valence-electron chi connectivity index (χ0n) is 62.4. The molecule has 28 unspecified atom stereocenters. The van der Waals surface area contributed by atoms with Crippen LogP contribution in [0, 0.1) is 41.4 Å². The smallest absolute Gasteiger partial charge is 0.310 e. The molecule has 4 aliphatic heterocycles. The highest BCUT2D eigenvalue weighted by Crippen LogP contribution is 2.40. The monoisotopic (exact) mass is 1420 g/mol. The van der Waals surface area contributed by atoms with Crippen LogP contribution in [0.4, 0.5) is 0 Å². The van der Waals surface area contributed by atoms with Gasteiger partial charge in [0.2, 0.25) is 0 Å². The van der Waals surface area contributed by atoms with E-state index in [1.807, 2.05) is 60.6 Å². The molecule has 0 aromatic heterocycles. The lowest BCUT2D eigenvalue weighted by atomic mass is 9.86. The maximum atomic E-state index is 13.9. The van der Waals surface area contributed by atoms with Crippen molar-refractivity contribution in [3.05, 3.63) is 121 Å². The van der Waals surface area contributed by atoms with Crippen LogP contribution < -0.4 is 0 Å². The van der Waals surface area contributed by atoms with Crippen LogP contribution in [0.2, 0.25) is 0 Å². The van der Waals surface area contributed by atoms with Gasteiger partial charge in [-0.05, 0) is 188 Å². The highest BCUT2D eigenvalue weighted by molar-refractivity contribution is 5.82. The van der Waals surface area contributed by atoms with Crippen LogP contribution in [0.1, 0.15) is 204 Å². The van der Waals surface area contributed by atoms with E-state index in [9.17, 15) is 81.1 Å². The highest BCUT2D eigenvalue weighted by atomic mass is 16.6. The van der Waals surface area contributed by atoms with Crippen molar-refractivity contribution in [1.82, 2.24) is 0 Å². The summed E-state index contributed by atoms with van der Waals surface area (Å²) >= 11 is 0. The minimum absolute atomic E-state index is 0.00816. The number of rotatable bonds is 9. The third kappa shape index (κ3) is 30.3. The van der Waals surface area contributed by atoms with E-state index >= 15 is 0 Å². The van der Waals surface area contributed by atoms with Gasteiger partial charge in [-0.25, -0.2) is 0 Å². The number of aliphatic hydroxyl groups excluding tert-OH is 14. The summed E-state index contributed by atoms with van der Waals surface area (Å²) in [6, 6.07) is 0. The molecule has 20 nitrogen and oxygen atoms in total. The predicted octanol–water partition coefficient (Wildman–Crippen LogP) is 8.84. The number of cyclic esters (lactones) is 1. The van der Waals surface area contributed by atoms with Crippen molar-refractivity contribution in [2.45, 2.75) is 332 Å². The SMILES string of the molecule is C=C1CC(=O)OC(C2CC(O)C(C)(C(O)CC(=C)C(=C)CC(O)CC(C)O)O2)C=CC(O)CC(C)CC(C)CC(=O)C(O)CCC(C)CC(O)C2OC(CC(=C)CC(=C)C(O)C=CCCC(O)CC(C)C3C=CC(CC(C)C(O)CC(C)=CC(O)C(C)C(O)CC(=C)CC(C)C1)O3)C(O)C2O. The predicted molar refractivity (Wildman–Crippen MR) is 392 cm³/mol. The highest BCUT2D eigenvalue weighted by Gasteiger charge is 2.52. The summed E-state index contributed by atoms with van der Waals surface area (Å²) in [6.45, 7) is 42.9. The van der Waals surface area contributed by atoms with E-state index in [1.165, 1.54) is 19.1 Å². The number of hydrogen-bond donors (Lipinski definition) is 14. The number of ketones is 1. The fourth-order valence-electron chi connectivity index (χ4n) is 14.7. The first kappa shape index (κ1) is 89.3. The van der Waals surface area contributed by atoms with Gasteiger partial charge in [-0.1, -0.05) is 147 Å². The van der Waals surface area contributed by atoms with Gasteiger partial charge in [0, 0.05) is 25.2 Å². The molecular formula is C81H132O20. The number of esters is 1. The second kappa shape index (κ2) is 42.9. The molecule has 0 aromatic carbocycles. The number of fused-ring (bicyclic) bond motifs is 4. The molecule has 20 heteroatoms. The molecule has 28 atom stereocenters. The summed E-state index contributed by atoms with van der Waals surface area (Å²) in [5.74, 6) is -2.35. The lowest BCUT2D eigenvalue weighted by molar-refractivity contribution is -0.168. The molecule has 4 bridgehead atoms. The number of carbonyl (C=O) groups is 2. The Hall–Kier alpha value is -4.14. The first-order chi connectivity index (χ1) is 47.1. The molecule has 0 spiro atoms. The summed E-state index contributed by atoms with van der Waals surface area (Å²) in [5, 5.41) is 155. The maximum Gasteiger partial charge on any atom is 0.310 e. The van der Waals surface area contributed by atoms with Crippen LogP contribution in [0.25, 0.3) is 0 Å². The number of aliphatic hydroxyl groups is 14. The van der Waals surface area contributed by atoms with Gasteiger partial charge in [0.15, 0.2) is 5.78 Å². The average molecular weight is 1430 g/mol. The topological polar surface area (TPSA) is 354 Å². The largest absolute Gasteiger partial charge is 0.455 e. The number of hydrogen-bond acceptors (Lipinski definition) is 20. The van der Waals surface area contributed by atoms with E-state index in [0.29, 0.717) is 85.7 Å². The van der Waals surface area contributed by atoms with Crippen molar-refractivity contribution < 1.29 is 100 Å². The first-order valence-electron chi connectivity index (χ1n) is 37.1. The van der Waals surface area contributed by atoms with Crippen molar-refractivity contribution in [3.63, 3.8) is 0 Å². The molecule has 2 fully saturated rings. The standard InChI is InChI=1S/C81H132O20/c1-45-21-24-65(87)69(91)36-49(5)29-47(3)31-61(84)22-25-72(73-44-76(94)81(16,101-73)75(93)42-54(10)53(9)39-62(85)43-58(14)82)99-77(95)38-50(6)28-46(2)27-48(4)34-67(89)59(15)68(90)35-52(8)33-66(88)56(12)41-63-23-26-71(98-63)57(13)40-60(83)19-17-18-20-64(86)55(11)30-51(7)37-74-78(96)79(97)80(100-74)70(92)32-45/h18,20,22-23,25-26,35,45-47,49,56-68,70-76,78-80,82-90,92-94,96-97H,4,6-7,9-11,17,19,21,24,27-34,36-44H2,1-3,5,8,12-16H3.